The molecule has 1 fully saturated rings. The number of rotatable bonds is 4. The molecule has 0 radical (unpaired) electrons. The Balaban J connectivity index is 3.32. The molecule has 0 saturated heterocycles. The van der Waals surface area contributed by atoms with E-state index in [0.29, 0.717) is 6.42 Å². The molecule has 1 rings (SSSR count). The quantitative estimate of drug-likeness (QED) is 0.528. The zero-order valence-corrected chi connectivity index (χ0v) is 16.0. The van der Waals surface area contributed by atoms with Crippen molar-refractivity contribution >= 4 is 14.6 Å². The molecule has 118 valence electrons. The Morgan fingerprint density at radius 1 is 1.05 bits per heavy atom. The number of hydrogen-bond donors (Lipinski definition) is 0. The van der Waals surface area contributed by atoms with Gasteiger partial charge < -0.3 is 9.22 Å². The first kappa shape index (κ1) is 17.9. The summed E-state index contributed by atoms with van der Waals surface area (Å²) in [4.78, 5) is 11.4. The molecule has 1 aliphatic rings. The van der Waals surface area contributed by atoms with Crippen molar-refractivity contribution in [1.29, 1.82) is 0 Å². The van der Waals surface area contributed by atoms with Crippen molar-refractivity contribution in [3.05, 3.63) is 0 Å². The Morgan fingerprint density at radius 3 is 1.75 bits per heavy atom. The van der Waals surface area contributed by atoms with Gasteiger partial charge in [-0.25, -0.2) is 0 Å². The van der Waals surface area contributed by atoms with Gasteiger partial charge in [-0.1, -0.05) is 48.5 Å². The zero-order valence-electron chi connectivity index (χ0n) is 15.0. The first-order valence-corrected chi connectivity index (χ1v) is 10.8. The van der Waals surface area contributed by atoms with Crippen LogP contribution in [0.5, 0.6) is 0 Å². The van der Waals surface area contributed by atoms with Gasteiger partial charge in [0, 0.05) is 6.42 Å². The fourth-order valence-corrected chi connectivity index (χ4v) is 5.33. The van der Waals surface area contributed by atoms with Gasteiger partial charge in [0.05, 0.1) is 5.60 Å². The summed E-state index contributed by atoms with van der Waals surface area (Å²) in [5.41, 5.74) is -0.232. The molecule has 0 unspecified atom stereocenters. The minimum Gasteiger partial charge on any atom is -0.410 e. The van der Waals surface area contributed by atoms with Gasteiger partial charge in [-0.3, -0.25) is 0 Å². The summed E-state index contributed by atoms with van der Waals surface area (Å²) in [6, 6.07) is 0. The molecule has 0 aromatic heterocycles. The van der Waals surface area contributed by atoms with Crippen LogP contribution in [-0.2, 0) is 9.22 Å². The lowest BCUT2D eigenvalue weighted by Gasteiger charge is -2.54. The molecule has 1 aliphatic carbocycles. The van der Waals surface area contributed by atoms with Crippen molar-refractivity contribution in [3.8, 4) is 0 Å². The summed E-state index contributed by atoms with van der Waals surface area (Å²) in [7, 11) is -1.92. The van der Waals surface area contributed by atoms with Gasteiger partial charge in [-0.2, -0.15) is 0 Å². The average molecular weight is 299 g/mol. The van der Waals surface area contributed by atoms with Crippen LogP contribution >= 0.6 is 0 Å². The van der Waals surface area contributed by atoms with E-state index in [9.17, 15) is 4.79 Å². The van der Waals surface area contributed by atoms with Crippen molar-refractivity contribution in [2.45, 2.75) is 91.5 Å². The molecular formula is C17H34O2Si. The van der Waals surface area contributed by atoms with E-state index >= 15 is 0 Å². The fraction of sp³-hybridized carbons (Fsp3) is 0.941. The summed E-state index contributed by atoms with van der Waals surface area (Å²) in [5.74, 6) is 0. The molecule has 20 heavy (non-hydrogen) atoms. The van der Waals surface area contributed by atoms with Crippen LogP contribution in [0.2, 0.25) is 18.1 Å². The first-order chi connectivity index (χ1) is 8.72. The number of aldehydes is 1. The predicted octanol–water partition coefficient (Wildman–Crippen LogP) is 5.18. The lowest BCUT2D eigenvalue weighted by molar-refractivity contribution is -0.128. The van der Waals surface area contributed by atoms with Crippen LogP contribution in [0.15, 0.2) is 0 Å². The molecule has 0 aliphatic heterocycles. The Labute approximate surface area is 126 Å². The Bertz CT molecular complexity index is 359. The molecule has 0 bridgehead atoms. The van der Waals surface area contributed by atoms with Crippen LogP contribution in [-0.4, -0.2) is 20.2 Å². The molecule has 2 nitrogen and oxygen atoms in total. The van der Waals surface area contributed by atoms with Crippen LogP contribution in [0.1, 0.15) is 67.7 Å². The smallest absolute Gasteiger partial charge is 0.192 e. The molecule has 0 N–H and O–H groups in total. The number of hydrogen-bond acceptors (Lipinski definition) is 2. The monoisotopic (exact) mass is 298 g/mol. The Kier molecular flexibility index (Phi) is 4.42. The molecule has 0 heterocycles. The van der Waals surface area contributed by atoms with Gasteiger partial charge in [-0.05, 0) is 41.8 Å². The second kappa shape index (κ2) is 4.94. The van der Waals surface area contributed by atoms with Crippen LogP contribution < -0.4 is 0 Å². The third-order valence-corrected chi connectivity index (χ3v) is 10.6. The molecule has 0 amide bonds. The van der Waals surface area contributed by atoms with Crippen LogP contribution in [0.25, 0.3) is 0 Å². The molecule has 0 aromatic rings. The van der Waals surface area contributed by atoms with Crippen molar-refractivity contribution in [2.24, 2.45) is 10.8 Å². The van der Waals surface area contributed by atoms with Crippen molar-refractivity contribution < 1.29 is 9.22 Å². The van der Waals surface area contributed by atoms with E-state index < -0.39 is 8.32 Å². The molecule has 0 atom stereocenters. The van der Waals surface area contributed by atoms with E-state index in [1.807, 2.05) is 0 Å². The van der Waals surface area contributed by atoms with E-state index in [2.05, 4.69) is 61.6 Å². The van der Waals surface area contributed by atoms with Gasteiger partial charge >= 0.3 is 0 Å². The molecule has 1 saturated carbocycles. The number of carbonyl (C=O) groups is 1. The van der Waals surface area contributed by atoms with Crippen molar-refractivity contribution in [2.75, 3.05) is 0 Å². The largest absolute Gasteiger partial charge is 0.410 e. The second-order valence-corrected chi connectivity index (χ2v) is 14.1. The lowest BCUT2D eigenvalue weighted by Crippen LogP contribution is -2.59. The molecule has 0 spiro atoms. The highest BCUT2D eigenvalue weighted by molar-refractivity contribution is 6.74. The van der Waals surface area contributed by atoms with E-state index in [0.717, 1.165) is 19.1 Å². The maximum Gasteiger partial charge on any atom is 0.192 e. The first-order valence-electron chi connectivity index (χ1n) is 7.86. The highest BCUT2D eigenvalue weighted by Crippen LogP contribution is 2.62. The normalized spacial score (nSPS) is 24.6. The summed E-state index contributed by atoms with van der Waals surface area (Å²) in [5, 5.41) is 0.164. The van der Waals surface area contributed by atoms with Crippen molar-refractivity contribution in [3.63, 3.8) is 0 Å². The van der Waals surface area contributed by atoms with Gasteiger partial charge in [0.1, 0.15) is 6.29 Å². The topological polar surface area (TPSA) is 26.3 Å². The fourth-order valence-electron chi connectivity index (χ4n) is 3.52. The van der Waals surface area contributed by atoms with Gasteiger partial charge in [0.15, 0.2) is 8.32 Å². The minimum absolute atomic E-state index is 0.0485. The third-order valence-electron chi connectivity index (χ3n) is 6.17. The van der Waals surface area contributed by atoms with Gasteiger partial charge in [0.2, 0.25) is 0 Å². The highest BCUT2D eigenvalue weighted by Gasteiger charge is 2.62. The molecular weight excluding hydrogens is 264 g/mol. The maximum atomic E-state index is 11.4. The van der Waals surface area contributed by atoms with E-state index in [1.54, 1.807) is 0 Å². The minimum atomic E-state index is -1.92. The number of carbonyl (C=O) groups excluding carboxylic acids is 1. The predicted molar refractivity (Wildman–Crippen MR) is 88.5 cm³/mol. The standard InChI is InChI=1S/C17H34O2Si/c1-14(2,3)20(8,9)19-17(12-13-18)15(4,5)10-11-16(17,6)7/h13H,10-12H2,1-9H3. The van der Waals surface area contributed by atoms with Crippen LogP contribution in [0, 0.1) is 10.8 Å². The average Bonchev–Trinajstić information content (AvgIpc) is 2.38. The van der Waals surface area contributed by atoms with E-state index in [-0.39, 0.29) is 21.5 Å². The lowest BCUT2D eigenvalue weighted by atomic mass is 9.66. The second-order valence-electron chi connectivity index (χ2n) is 9.33. The van der Waals surface area contributed by atoms with Crippen LogP contribution in [0.4, 0.5) is 0 Å². The third kappa shape index (κ3) is 2.63. The maximum absolute atomic E-state index is 11.4. The SMILES string of the molecule is CC1(C)CCC(C)(C)C1(CC=O)O[Si](C)(C)C(C)(C)C. The van der Waals surface area contributed by atoms with Crippen LogP contribution in [0.3, 0.4) is 0 Å². The van der Waals surface area contributed by atoms with Crippen molar-refractivity contribution in [1.82, 2.24) is 0 Å². The molecule has 3 heteroatoms. The molecule has 0 aromatic carbocycles. The summed E-state index contributed by atoms with van der Waals surface area (Å²) >= 11 is 0. The van der Waals surface area contributed by atoms with Gasteiger partial charge in [-0.15, -0.1) is 0 Å². The summed E-state index contributed by atoms with van der Waals surface area (Å²) in [6.45, 7) is 20.5. The van der Waals surface area contributed by atoms with Gasteiger partial charge in [0.25, 0.3) is 0 Å². The Morgan fingerprint density at radius 2 is 1.45 bits per heavy atom. The highest BCUT2D eigenvalue weighted by atomic mass is 28.4. The summed E-state index contributed by atoms with van der Waals surface area (Å²) < 4.78 is 6.93. The summed E-state index contributed by atoms with van der Waals surface area (Å²) in [6.07, 6.45) is 3.84. The zero-order chi connectivity index (χ0) is 16.0. The Hall–Kier alpha value is -0.153. The van der Waals surface area contributed by atoms with E-state index in [1.165, 1.54) is 0 Å². The van der Waals surface area contributed by atoms with E-state index in [4.69, 9.17) is 4.43 Å².